The molecule has 1 spiro atoms. The first-order valence-electron chi connectivity index (χ1n) is 9.49. The molecule has 1 aliphatic carbocycles. The Morgan fingerprint density at radius 1 is 1.00 bits per heavy atom. The lowest BCUT2D eigenvalue weighted by molar-refractivity contribution is 0.150. The molecule has 1 heterocycles. The molecule has 1 aliphatic heterocycles. The predicted octanol–water partition coefficient (Wildman–Crippen LogP) is 5.04. The summed E-state index contributed by atoms with van der Waals surface area (Å²) in [7, 11) is 0. The first-order chi connectivity index (χ1) is 12.6. The SMILES string of the molecule is Fc1ccc(OCC2CN(Cc3ccccc3)CC23CCCC3)cc1F. The van der Waals surface area contributed by atoms with Gasteiger partial charge in [-0.25, -0.2) is 8.78 Å². The van der Waals surface area contributed by atoms with Gasteiger partial charge in [0, 0.05) is 31.6 Å². The number of hydrogen-bond donors (Lipinski definition) is 0. The van der Waals surface area contributed by atoms with Crippen molar-refractivity contribution in [3.05, 3.63) is 65.7 Å². The maximum Gasteiger partial charge on any atom is 0.162 e. The zero-order valence-electron chi connectivity index (χ0n) is 15.0. The zero-order valence-corrected chi connectivity index (χ0v) is 15.0. The Bertz CT molecular complexity index is 743. The highest BCUT2D eigenvalue weighted by molar-refractivity contribution is 5.23. The van der Waals surface area contributed by atoms with Crippen molar-refractivity contribution >= 4 is 0 Å². The van der Waals surface area contributed by atoms with Gasteiger partial charge in [-0.2, -0.15) is 0 Å². The molecule has 0 radical (unpaired) electrons. The molecule has 0 aromatic heterocycles. The summed E-state index contributed by atoms with van der Waals surface area (Å²) in [5.41, 5.74) is 1.65. The van der Waals surface area contributed by atoms with Crippen LogP contribution in [0.4, 0.5) is 8.78 Å². The topological polar surface area (TPSA) is 12.5 Å². The van der Waals surface area contributed by atoms with Gasteiger partial charge in [0.25, 0.3) is 0 Å². The van der Waals surface area contributed by atoms with Crippen LogP contribution in [0.2, 0.25) is 0 Å². The highest BCUT2D eigenvalue weighted by Crippen LogP contribution is 2.49. The van der Waals surface area contributed by atoms with Crippen molar-refractivity contribution in [3.63, 3.8) is 0 Å². The van der Waals surface area contributed by atoms with Gasteiger partial charge >= 0.3 is 0 Å². The molecule has 26 heavy (non-hydrogen) atoms. The average Bonchev–Trinajstić information content (AvgIpc) is 3.24. The number of nitrogens with zero attached hydrogens (tertiary/aromatic N) is 1. The van der Waals surface area contributed by atoms with Crippen molar-refractivity contribution in [2.75, 3.05) is 19.7 Å². The summed E-state index contributed by atoms with van der Waals surface area (Å²) in [6.45, 7) is 3.63. The van der Waals surface area contributed by atoms with E-state index in [-0.39, 0.29) is 0 Å². The Morgan fingerprint density at radius 2 is 1.77 bits per heavy atom. The van der Waals surface area contributed by atoms with E-state index in [1.54, 1.807) is 0 Å². The number of halogens is 2. The Balaban J connectivity index is 1.44. The second-order valence-corrected chi connectivity index (χ2v) is 7.81. The minimum atomic E-state index is -0.852. The van der Waals surface area contributed by atoms with Crippen molar-refractivity contribution in [2.45, 2.75) is 32.2 Å². The van der Waals surface area contributed by atoms with Crippen LogP contribution in [0.1, 0.15) is 31.2 Å². The number of hydrogen-bond acceptors (Lipinski definition) is 2. The average molecular weight is 357 g/mol. The van der Waals surface area contributed by atoms with Crippen molar-refractivity contribution in [2.24, 2.45) is 11.3 Å². The lowest BCUT2D eigenvalue weighted by atomic mass is 9.77. The van der Waals surface area contributed by atoms with E-state index < -0.39 is 11.6 Å². The maximum atomic E-state index is 13.4. The van der Waals surface area contributed by atoms with Crippen LogP contribution in [0.25, 0.3) is 0 Å². The van der Waals surface area contributed by atoms with Crippen molar-refractivity contribution < 1.29 is 13.5 Å². The molecule has 0 amide bonds. The molecule has 2 aliphatic rings. The summed E-state index contributed by atoms with van der Waals surface area (Å²) < 4.78 is 32.4. The highest BCUT2D eigenvalue weighted by atomic mass is 19.2. The number of benzene rings is 2. The van der Waals surface area contributed by atoms with E-state index >= 15 is 0 Å². The largest absolute Gasteiger partial charge is 0.493 e. The van der Waals surface area contributed by atoms with Crippen LogP contribution in [0.3, 0.4) is 0 Å². The Labute approximate surface area is 153 Å². The van der Waals surface area contributed by atoms with E-state index in [0.717, 1.165) is 31.8 Å². The number of likely N-dealkylation sites (tertiary alicyclic amines) is 1. The van der Waals surface area contributed by atoms with Crippen molar-refractivity contribution in [3.8, 4) is 5.75 Å². The highest BCUT2D eigenvalue weighted by Gasteiger charge is 2.48. The first kappa shape index (κ1) is 17.5. The van der Waals surface area contributed by atoms with E-state index in [2.05, 4.69) is 29.2 Å². The first-order valence-corrected chi connectivity index (χ1v) is 9.49. The number of ether oxygens (including phenoxy) is 1. The van der Waals surface area contributed by atoms with Crippen LogP contribution in [0.15, 0.2) is 48.5 Å². The molecule has 4 rings (SSSR count). The summed E-state index contributed by atoms with van der Waals surface area (Å²) in [5.74, 6) is -0.838. The van der Waals surface area contributed by atoms with E-state index in [9.17, 15) is 8.78 Å². The third kappa shape index (κ3) is 3.61. The quantitative estimate of drug-likeness (QED) is 0.744. The molecule has 1 unspecified atom stereocenters. The molecule has 1 saturated heterocycles. The Morgan fingerprint density at radius 3 is 2.50 bits per heavy atom. The normalized spacial score (nSPS) is 22.2. The van der Waals surface area contributed by atoms with Gasteiger partial charge in [-0.1, -0.05) is 43.2 Å². The lowest BCUT2D eigenvalue weighted by Gasteiger charge is -2.30. The maximum absolute atomic E-state index is 13.4. The van der Waals surface area contributed by atoms with E-state index in [0.29, 0.717) is 23.7 Å². The monoisotopic (exact) mass is 357 g/mol. The van der Waals surface area contributed by atoms with Crippen LogP contribution in [-0.2, 0) is 6.54 Å². The molecular weight excluding hydrogens is 332 g/mol. The molecule has 2 aromatic carbocycles. The smallest absolute Gasteiger partial charge is 0.162 e. The molecule has 4 heteroatoms. The summed E-state index contributed by atoms with van der Waals surface area (Å²) in [6.07, 6.45) is 5.04. The van der Waals surface area contributed by atoms with Crippen molar-refractivity contribution in [1.82, 2.24) is 4.90 Å². The molecule has 1 atom stereocenters. The van der Waals surface area contributed by atoms with Gasteiger partial charge in [0.2, 0.25) is 0 Å². The third-order valence-electron chi connectivity index (χ3n) is 6.07. The van der Waals surface area contributed by atoms with Crippen LogP contribution in [-0.4, -0.2) is 24.6 Å². The van der Waals surface area contributed by atoms with Crippen LogP contribution < -0.4 is 4.74 Å². The second-order valence-electron chi connectivity index (χ2n) is 7.81. The zero-order chi connectivity index (χ0) is 18.0. The summed E-state index contributed by atoms with van der Waals surface area (Å²) in [6, 6.07) is 14.3. The molecule has 1 saturated carbocycles. The van der Waals surface area contributed by atoms with Gasteiger partial charge in [-0.3, -0.25) is 4.90 Å². The molecule has 0 N–H and O–H groups in total. The van der Waals surface area contributed by atoms with Crippen molar-refractivity contribution in [1.29, 1.82) is 0 Å². The standard InChI is InChI=1S/C22H25F2NO/c23-20-9-8-19(12-21(20)24)26-15-18-14-25(13-17-6-2-1-3-7-17)16-22(18)10-4-5-11-22/h1-3,6-9,12,18H,4-5,10-11,13-16H2. The fourth-order valence-corrected chi connectivity index (χ4v) is 4.74. The molecule has 2 fully saturated rings. The minimum absolute atomic E-state index is 0.313. The van der Waals surface area contributed by atoms with Gasteiger partial charge in [0.1, 0.15) is 5.75 Å². The Kier molecular flexibility index (Phi) is 4.94. The van der Waals surface area contributed by atoms with Gasteiger partial charge in [-0.05, 0) is 36.0 Å². The van der Waals surface area contributed by atoms with Crippen LogP contribution in [0.5, 0.6) is 5.75 Å². The minimum Gasteiger partial charge on any atom is -0.493 e. The van der Waals surface area contributed by atoms with Gasteiger partial charge in [0.05, 0.1) is 6.61 Å². The van der Waals surface area contributed by atoms with Crippen LogP contribution >= 0.6 is 0 Å². The Hall–Kier alpha value is -1.94. The third-order valence-corrected chi connectivity index (χ3v) is 6.07. The fraction of sp³-hybridized carbons (Fsp3) is 0.455. The lowest BCUT2D eigenvalue weighted by Crippen LogP contribution is -2.30. The van der Waals surface area contributed by atoms with E-state index in [1.165, 1.54) is 37.3 Å². The molecular formula is C22H25F2NO. The molecule has 2 nitrogen and oxygen atoms in total. The van der Waals surface area contributed by atoms with E-state index in [4.69, 9.17) is 4.74 Å². The summed E-state index contributed by atoms with van der Waals surface area (Å²) >= 11 is 0. The second kappa shape index (κ2) is 7.36. The predicted molar refractivity (Wildman–Crippen MR) is 98.0 cm³/mol. The van der Waals surface area contributed by atoms with Gasteiger partial charge in [0.15, 0.2) is 11.6 Å². The number of rotatable bonds is 5. The van der Waals surface area contributed by atoms with E-state index in [1.807, 2.05) is 6.07 Å². The van der Waals surface area contributed by atoms with Crippen LogP contribution in [0, 0.1) is 23.0 Å². The van der Waals surface area contributed by atoms with Gasteiger partial charge in [-0.15, -0.1) is 0 Å². The van der Waals surface area contributed by atoms with Gasteiger partial charge < -0.3 is 4.74 Å². The summed E-state index contributed by atoms with van der Waals surface area (Å²) in [4.78, 5) is 2.53. The molecule has 138 valence electrons. The summed E-state index contributed by atoms with van der Waals surface area (Å²) in [5, 5.41) is 0. The molecule has 2 aromatic rings. The molecule has 0 bridgehead atoms. The fourth-order valence-electron chi connectivity index (χ4n) is 4.74.